The molecule has 5 nitrogen and oxygen atoms in total. The van der Waals surface area contributed by atoms with Gasteiger partial charge >= 0.3 is 0 Å². The van der Waals surface area contributed by atoms with Gasteiger partial charge in [0.15, 0.2) is 5.79 Å². The van der Waals surface area contributed by atoms with Crippen LogP contribution in [-0.4, -0.2) is 55.0 Å². The zero-order valence-corrected chi connectivity index (χ0v) is 15.2. The quantitative estimate of drug-likeness (QED) is 0.581. The predicted octanol–water partition coefficient (Wildman–Crippen LogP) is 1.89. The number of alkyl halides is 2. The molecule has 2 aliphatic carbocycles. The van der Waals surface area contributed by atoms with Crippen LogP contribution in [0.15, 0.2) is 0 Å². The first-order valence-corrected chi connectivity index (χ1v) is 8.85. The van der Waals surface area contributed by atoms with E-state index in [0.29, 0.717) is 12.8 Å². The minimum atomic E-state index is -2.80. The van der Waals surface area contributed by atoms with E-state index in [0.717, 1.165) is 4.90 Å². The minimum Gasteiger partial charge on any atom is -0.364 e. The number of rotatable bonds is 4. The standard InChI is InChI=1S/C15H25F2NO4.C2H6/c1-9(2)15(21,22)11(3)12(4-5-12)8-14(19,20)18(11)7-10-6-13(10,16)17;1-2/h9-10,19-22H,4-8H2,1-3H3;1-2H3/t10?,11-;/m1./s1. The zero-order valence-electron chi connectivity index (χ0n) is 15.2. The van der Waals surface area contributed by atoms with Gasteiger partial charge in [0.1, 0.15) is 0 Å². The van der Waals surface area contributed by atoms with Crippen LogP contribution in [0, 0.1) is 17.3 Å². The van der Waals surface area contributed by atoms with Gasteiger partial charge in [0.25, 0.3) is 5.92 Å². The SMILES string of the molecule is CC.CC(C)C(O)(O)[C@]1(C)N(CC2CC2(F)F)C(O)(O)CC12CC2. The van der Waals surface area contributed by atoms with Gasteiger partial charge in [-0.05, 0) is 19.8 Å². The molecule has 1 unspecified atom stereocenters. The van der Waals surface area contributed by atoms with Crippen LogP contribution in [0.25, 0.3) is 0 Å². The third kappa shape index (κ3) is 2.60. The molecule has 0 aromatic rings. The molecule has 0 aromatic heterocycles. The fraction of sp³-hybridized carbons (Fsp3) is 1.00. The first kappa shape index (κ1) is 20.0. The molecule has 24 heavy (non-hydrogen) atoms. The summed E-state index contributed by atoms with van der Waals surface area (Å²) in [7, 11) is 0. The van der Waals surface area contributed by atoms with Crippen LogP contribution in [0.2, 0.25) is 0 Å². The maximum atomic E-state index is 13.3. The van der Waals surface area contributed by atoms with E-state index in [4.69, 9.17) is 0 Å². The molecule has 0 aromatic carbocycles. The minimum absolute atomic E-state index is 0.0512. The Labute approximate surface area is 142 Å². The molecule has 0 bridgehead atoms. The number of nitrogens with zero attached hydrogens (tertiary/aromatic N) is 1. The fourth-order valence-corrected chi connectivity index (χ4v) is 4.35. The first-order valence-electron chi connectivity index (χ1n) is 8.85. The van der Waals surface area contributed by atoms with Crippen LogP contribution >= 0.6 is 0 Å². The van der Waals surface area contributed by atoms with Crippen molar-refractivity contribution in [3.8, 4) is 0 Å². The average molecular weight is 351 g/mol. The average Bonchev–Trinajstić information content (AvgIpc) is 3.33. The highest BCUT2D eigenvalue weighted by Crippen LogP contribution is 2.70. The van der Waals surface area contributed by atoms with Gasteiger partial charge in [0.2, 0.25) is 5.91 Å². The van der Waals surface area contributed by atoms with Crippen LogP contribution in [0.5, 0.6) is 0 Å². The molecule has 3 rings (SSSR count). The maximum absolute atomic E-state index is 13.3. The van der Waals surface area contributed by atoms with Crippen molar-refractivity contribution in [2.75, 3.05) is 6.54 Å². The van der Waals surface area contributed by atoms with Gasteiger partial charge in [-0.3, -0.25) is 0 Å². The number of aliphatic hydroxyl groups is 4. The molecule has 142 valence electrons. The molecule has 7 heteroatoms. The number of halogens is 2. The molecule has 1 aliphatic heterocycles. The molecule has 3 fully saturated rings. The molecule has 1 spiro atoms. The predicted molar refractivity (Wildman–Crippen MR) is 85.0 cm³/mol. The Hall–Kier alpha value is -0.340. The van der Waals surface area contributed by atoms with Crippen LogP contribution in [0.1, 0.15) is 60.3 Å². The molecule has 0 radical (unpaired) electrons. The second-order valence-electron chi connectivity index (χ2n) is 7.96. The van der Waals surface area contributed by atoms with E-state index in [-0.39, 0.29) is 19.4 Å². The van der Waals surface area contributed by atoms with E-state index >= 15 is 0 Å². The summed E-state index contributed by atoms with van der Waals surface area (Å²) in [5.74, 6) is -8.86. The van der Waals surface area contributed by atoms with Crippen molar-refractivity contribution in [1.82, 2.24) is 4.90 Å². The number of hydrogen-bond acceptors (Lipinski definition) is 5. The Bertz CT molecular complexity index is 491. The van der Waals surface area contributed by atoms with Gasteiger partial charge in [0, 0.05) is 36.6 Å². The molecular weight excluding hydrogens is 320 g/mol. The third-order valence-corrected chi connectivity index (χ3v) is 6.31. The monoisotopic (exact) mass is 351 g/mol. The number of hydrogen-bond donors (Lipinski definition) is 4. The lowest BCUT2D eigenvalue weighted by atomic mass is 9.72. The smallest absolute Gasteiger partial charge is 0.252 e. The van der Waals surface area contributed by atoms with Crippen molar-refractivity contribution in [2.24, 2.45) is 17.3 Å². The van der Waals surface area contributed by atoms with E-state index in [2.05, 4.69) is 0 Å². The highest BCUT2D eigenvalue weighted by atomic mass is 19.3. The van der Waals surface area contributed by atoms with Crippen LogP contribution < -0.4 is 0 Å². The summed E-state index contributed by atoms with van der Waals surface area (Å²) in [4.78, 5) is 1.11. The Morgan fingerprint density at radius 3 is 1.96 bits per heavy atom. The molecule has 2 atom stereocenters. The lowest BCUT2D eigenvalue weighted by molar-refractivity contribution is -0.326. The Balaban J connectivity index is 0.00000100. The van der Waals surface area contributed by atoms with Crippen LogP contribution in [-0.2, 0) is 0 Å². The topological polar surface area (TPSA) is 84.2 Å². The van der Waals surface area contributed by atoms with Crippen molar-refractivity contribution in [3.63, 3.8) is 0 Å². The van der Waals surface area contributed by atoms with Gasteiger partial charge in [0.05, 0.1) is 5.54 Å². The summed E-state index contributed by atoms with van der Waals surface area (Å²) < 4.78 is 26.6. The Morgan fingerprint density at radius 2 is 1.62 bits per heavy atom. The molecule has 0 amide bonds. The van der Waals surface area contributed by atoms with Crippen LogP contribution in [0.3, 0.4) is 0 Å². The van der Waals surface area contributed by atoms with Gasteiger partial charge in [-0.2, -0.15) is 0 Å². The summed E-state index contributed by atoms with van der Waals surface area (Å²) in [5.41, 5.74) is -2.04. The van der Waals surface area contributed by atoms with Crippen molar-refractivity contribution >= 4 is 0 Å². The normalized spacial score (nSPS) is 35.8. The third-order valence-electron chi connectivity index (χ3n) is 6.31. The molecule has 1 saturated heterocycles. The summed E-state index contributed by atoms with van der Waals surface area (Å²) in [6, 6.07) is 0. The van der Waals surface area contributed by atoms with E-state index in [1.807, 2.05) is 13.8 Å². The molecule has 4 N–H and O–H groups in total. The fourth-order valence-electron chi connectivity index (χ4n) is 4.35. The van der Waals surface area contributed by atoms with Crippen LogP contribution in [0.4, 0.5) is 8.78 Å². The lowest BCUT2D eigenvalue weighted by Gasteiger charge is -2.51. The summed E-state index contributed by atoms with van der Waals surface area (Å²) in [6.07, 6.45) is 0.900. The lowest BCUT2D eigenvalue weighted by Crippen LogP contribution is -2.69. The Kier molecular flexibility index (Phi) is 4.64. The zero-order chi connectivity index (χ0) is 18.8. The van der Waals surface area contributed by atoms with Crippen molar-refractivity contribution in [3.05, 3.63) is 0 Å². The van der Waals surface area contributed by atoms with Gasteiger partial charge in [-0.15, -0.1) is 0 Å². The largest absolute Gasteiger partial charge is 0.364 e. The van der Waals surface area contributed by atoms with E-state index in [1.54, 1.807) is 20.8 Å². The van der Waals surface area contributed by atoms with Crippen molar-refractivity contribution < 1.29 is 29.2 Å². The van der Waals surface area contributed by atoms with E-state index in [1.165, 1.54) is 0 Å². The molecule has 1 heterocycles. The number of likely N-dealkylation sites (tertiary alicyclic amines) is 1. The summed E-state index contributed by atoms with van der Waals surface area (Å²) in [6.45, 7) is 8.56. The summed E-state index contributed by atoms with van der Waals surface area (Å²) in [5, 5.41) is 42.1. The van der Waals surface area contributed by atoms with Crippen molar-refractivity contribution in [1.29, 1.82) is 0 Å². The highest BCUT2D eigenvalue weighted by molar-refractivity contribution is 5.24. The maximum Gasteiger partial charge on any atom is 0.252 e. The second-order valence-corrected chi connectivity index (χ2v) is 7.96. The molecular formula is C17H31F2NO4. The molecule has 2 saturated carbocycles. The molecule has 3 aliphatic rings. The van der Waals surface area contributed by atoms with Gasteiger partial charge < -0.3 is 20.4 Å². The second kappa shape index (κ2) is 5.58. The highest BCUT2D eigenvalue weighted by Gasteiger charge is 2.78. The van der Waals surface area contributed by atoms with Crippen molar-refractivity contribution in [2.45, 2.75) is 83.5 Å². The van der Waals surface area contributed by atoms with E-state index < -0.39 is 40.4 Å². The van der Waals surface area contributed by atoms with Gasteiger partial charge in [-0.25, -0.2) is 13.7 Å². The first-order chi connectivity index (χ1) is 10.8. The van der Waals surface area contributed by atoms with Gasteiger partial charge in [-0.1, -0.05) is 27.7 Å². The summed E-state index contributed by atoms with van der Waals surface area (Å²) >= 11 is 0. The Morgan fingerprint density at radius 1 is 1.17 bits per heavy atom. The van der Waals surface area contributed by atoms with E-state index in [9.17, 15) is 29.2 Å².